The largest absolute Gasteiger partial charge is 0.350 e. The number of hydrogen-bond acceptors (Lipinski definition) is 6. The number of nitro groups is 1. The van der Waals surface area contributed by atoms with Crippen molar-refractivity contribution in [3.63, 3.8) is 0 Å². The Morgan fingerprint density at radius 3 is 2.52 bits per heavy atom. The number of amides is 1. The number of carbonyl (C=O) groups excluding carboxylic acids is 1. The first-order valence-electron chi connectivity index (χ1n) is 8.66. The van der Waals surface area contributed by atoms with Gasteiger partial charge in [0.1, 0.15) is 11.5 Å². The zero-order valence-corrected chi connectivity index (χ0v) is 15.3. The number of nitrogens with one attached hydrogen (secondary N) is 1. The molecule has 144 valence electrons. The number of nitro benzene ring substituents is 1. The SMILES string of the molecule is Cc1cc(NC(=O)c2cc(-c3ccccc3)no2)n(-c2ccc([N+](=O)[O-])cc2)n1. The van der Waals surface area contributed by atoms with Crippen molar-refractivity contribution in [3.8, 4) is 16.9 Å². The summed E-state index contributed by atoms with van der Waals surface area (Å²) in [4.78, 5) is 23.0. The van der Waals surface area contributed by atoms with Gasteiger partial charge in [-0.3, -0.25) is 14.9 Å². The van der Waals surface area contributed by atoms with Gasteiger partial charge in [-0.25, -0.2) is 4.68 Å². The topological polar surface area (TPSA) is 116 Å². The van der Waals surface area contributed by atoms with Crippen LogP contribution in [0.2, 0.25) is 0 Å². The van der Waals surface area contributed by atoms with Crippen LogP contribution < -0.4 is 5.32 Å². The molecule has 0 aliphatic heterocycles. The summed E-state index contributed by atoms with van der Waals surface area (Å²) in [5, 5.41) is 21.9. The van der Waals surface area contributed by atoms with E-state index in [2.05, 4.69) is 15.6 Å². The summed E-state index contributed by atoms with van der Waals surface area (Å²) in [6.45, 7) is 1.78. The molecule has 0 fully saturated rings. The molecule has 0 aliphatic rings. The Balaban J connectivity index is 1.58. The Morgan fingerprint density at radius 1 is 1.10 bits per heavy atom. The molecule has 4 rings (SSSR count). The average Bonchev–Trinajstić information content (AvgIpc) is 3.36. The van der Waals surface area contributed by atoms with Crippen LogP contribution in [-0.2, 0) is 0 Å². The van der Waals surface area contributed by atoms with E-state index >= 15 is 0 Å². The highest BCUT2D eigenvalue weighted by Crippen LogP contribution is 2.22. The Kier molecular flexibility index (Phi) is 4.62. The second-order valence-corrected chi connectivity index (χ2v) is 6.25. The molecule has 9 nitrogen and oxygen atoms in total. The highest BCUT2D eigenvalue weighted by molar-refractivity contribution is 6.02. The molecule has 0 spiro atoms. The fraction of sp³-hybridized carbons (Fsp3) is 0.0500. The molecule has 0 saturated carbocycles. The predicted octanol–water partition coefficient (Wildman–Crippen LogP) is 4.00. The molecule has 0 bridgehead atoms. The maximum absolute atomic E-state index is 12.6. The number of anilines is 1. The van der Waals surface area contributed by atoms with Crippen molar-refractivity contribution >= 4 is 17.4 Å². The highest BCUT2D eigenvalue weighted by Gasteiger charge is 2.17. The summed E-state index contributed by atoms with van der Waals surface area (Å²) in [7, 11) is 0. The maximum Gasteiger partial charge on any atom is 0.295 e. The number of benzene rings is 2. The first kappa shape index (κ1) is 18.1. The first-order chi connectivity index (χ1) is 14.0. The number of rotatable bonds is 5. The monoisotopic (exact) mass is 389 g/mol. The molecular formula is C20H15N5O4. The summed E-state index contributed by atoms with van der Waals surface area (Å²) in [6, 6.07) is 18.5. The lowest BCUT2D eigenvalue weighted by Crippen LogP contribution is -2.14. The van der Waals surface area contributed by atoms with E-state index in [4.69, 9.17) is 4.52 Å². The van der Waals surface area contributed by atoms with Crippen molar-refractivity contribution in [2.45, 2.75) is 6.92 Å². The minimum absolute atomic E-state index is 0.0293. The Morgan fingerprint density at radius 2 is 1.83 bits per heavy atom. The number of non-ortho nitro benzene ring substituents is 1. The van der Waals surface area contributed by atoms with Gasteiger partial charge in [0.25, 0.3) is 11.6 Å². The Hall–Kier alpha value is -4.27. The van der Waals surface area contributed by atoms with Gasteiger partial charge in [-0.05, 0) is 19.1 Å². The molecule has 29 heavy (non-hydrogen) atoms. The Bertz CT molecular complexity index is 1180. The molecule has 0 atom stereocenters. The van der Waals surface area contributed by atoms with Crippen molar-refractivity contribution < 1.29 is 14.2 Å². The predicted molar refractivity (Wildman–Crippen MR) is 105 cm³/mol. The van der Waals surface area contributed by atoms with Crippen LogP contribution in [0.15, 0.2) is 71.3 Å². The van der Waals surface area contributed by atoms with Crippen LogP contribution in [0.1, 0.15) is 16.2 Å². The molecule has 2 aromatic carbocycles. The smallest absolute Gasteiger partial charge is 0.295 e. The lowest BCUT2D eigenvalue weighted by Gasteiger charge is -2.07. The summed E-state index contributed by atoms with van der Waals surface area (Å²) >= 11 is 0. The fourth-order valence-corrected chi connectivity index (χ4v) is 2.81. The maximum atomic E-state index is 12.6. The van der Waals surface area contributed by atoms with E-state index in [0.29, 0.717) is 22.9 Å². The van der Waals surface area contributed by atoms with Gasteiger partial charge in [-0.2, -0.15) is 5.10 Å². The van der Waals surface area contributed by atoms with E-state index in [1.165, 1.54) is 16.8 Å². The lowest BCUT2D eigenvalue weighted by atomic mass is 10.1. The van der Waals surface area contributed by atoms with Crippen molar-refractivity contribution in [2.24, 2.45) is 0 Å². The van der Waals surface area contributed by atoms with Gasteiger partial charge >= 0.3 is 0 Å². The van der Waals surface area contributed by atoms with Crippen molar-refractivity contribution in [3.05, 3.63) is 88.3 Å². The molecule has 2 aromatic heterocycles. The first-order valence-corrected chi connectivity index (χ1v) is 8.66. The molecule has 0 radical (unpaired) electrons. The number of aromatic nitrogens is 3. The number of hydrogen-bond donors (Lipinski definition) is 1. The molecular weight excluding hydrogens is 374 g/mol. The van der Waals surface area contributed by atoms with Gasteiger partial charge in [-0.15, -0.1) is 0 Å². The van der Waals surface area contributed by atoms with Crippen LogP contribution in [0.4, 0.5) is 11.5 Å². The number of carbonyl (C=O) groups is 1. The van der Waals surface area contributed by atoms with Crippen LogP contribution in [0.3, 0.4) is 0 Å². The molecule has 4 aromatic rings. The standard InChI is InChI=1S/C20H15N5O4/c1-13-11-19(24(22-13)15-7-9-16(10-8-15)25(27)28)21-20(26)18-12-17(23-29-18)14-5-3-2-4-6-14/h2-12H,1H3,(H,21,26). The summed E-state index contributed by atoms with van der Waals surface area (Å²) in [6.07, 6.45) is 0. The molecule has 9 heteroatoms. The van der Waals surface area contributed by atoms with E-state index in [1.54, 1.807) is 31.2 Å². The zero-order valence-electron chi connectivity index (χ0n) is 15.3. The van der Waals surface area contributed by atoms with Gasteiger partial charge in [0.05, 0.1) is 16.3 Å². The van der Waals surface area contributed by atoms with Crippen LogP contribution in [0.5, 0.6) is 0 Å². The quantitative estimate of drug-likeness (QED) is 0.407. The van der Waals surface area contributed by atoms with Crippen molar-refractivity contribution in [1.82, 2.24) is 14.9 Å². The normalized spacial score (nSPS) is 10.7. The van der Waals surface area contributed by atoms with Crippen LogP contribution in [0, 0.1) is 17.0 Å². The third kappa shape index (κ3) is 3.74. The molecule has 2 heterocycles. The summed E-state index contributed by atoms with van der Waals surface area (Å²) < 4.78 is 6.67. The molecule has 1 N–H and O–H groups in total. The van der Waals surface area contributed by atoms with Gasteiger partial charge in [-0.1, -0.05) is 35.5 Å². The zero-order chi connectivity index (χ0) is 20.4. The van der Waals surface area contributed by atoms with E-state index in [1.807, 2.05) is 30.3 Å². The third-order valence-corrected chi connectivity index (χ3v) is 4.18. The second kappa shape index (κ2) is 7.39. The van der Waals surface area contributed by atoms with E-state index in [9.17, 15) is 14.9 Å². The molecule has 0 unspecified atom stereocenters. The highest BCUT2D eigenvalue weighted by atomic mass is 16.6. The summed E-state index contributed by atoms with van der Waals surface area (Å²) in [5.74, 6) is -0.0280. The third-order valence-electron chi connectivity index (χ3n) is 4.18. The average molecular weight is 389 g/mol. The molecule has 0 aliphatic carbocycles. The van der Waals surface area contributed by atoms with Crippen LogP contribution in [-0.4, -0.2) is 25.8 Å². The van der Waals surface area contributed by atoms with Gasteiger partial charge in [0.2, 0.25) is 5.76 Å². The minimum Gasteiger partial charge on any atom is -0.350 e. The summed E-state index contributed by atoms with van der Waals surface area (Å²) in [5.41, 5.74) is 2.60. The van der Waals surface area contributed by atoms with Crippen molar-refractivity contribution in [2.75, 3.05) is 5.32 Å². The van der Waals surface area contributed by atoms with Gasteiger partial charge in [0, 0.05) is 29.8 Å². The van der Waals surface area contributed by atoms with Crippen LogP contribution in [0.25, 0.3) is 16.9 Å². The van der Waals surface area contributed by atoms with E-state index in [0.717, 1.165) is 5.56 Å². The molecule has 1 amide bonds. The fourth-order valence-electron chi connectivity index (χ4n) is 2.81. The second-order valence-electron chi connectivity index (χ2n) is 6.25. The lowest BCUT2D eigenvalue weighted by molar-refractivity contribution is -0.384. The van der Waals surface area contributed by atoms with E-state index in [-0.39, 0.29) is 11.4 Å². The molecule has 0 saturated heterocycles. The van der Waals surface area contributed by atoms with Crippen molar-refractivity contribution in [1.29, 1.82) is 0 Å². The number of aryl methyl sites for hydroxylation is 1. The van der Waals surface area contributed by atoms with Gasteiger partial charge in [0.15, 0.2) is 0 Å². The van der Waals surface area contributed by atoms with E-state index < -0.39 is 10.8 Å². The van der Waals surface area contributed by atoms with Gasteiger partial charge < -0.3 is 9.84 Å². The van der Waals surface area contributed by atoms with Crippen LogP contribution >= 0.6 is 0 Å². The number of nitrogens with zero attached hydrogens (tertiary/aromatic N) is 4. The minimum atomic E-state index is -0.484. The Labute approximate surface area is 164 Å².